The van der Waals surface area contributed by atoms with Crippen LogP contribution in [0.25, 0.3) is 0 Å². The van der Waals surface area contributed by atoms with Crippen LogP contribution in [-0.2, 0) is 19.4 Å². The van der Waals surface area contributed by atoms with Gasteiger partial charge in [0.05, 0.1) is 0 Å². The molecule has 0 amide bonds. The van der Waals surface area contributed by atoms with E-state index in [1.165, 1.54) is 29.7 Å². The van der Waals surface area contributed by atoms with Crippen LogP contribution in [0.5, 0.6) is 0 Å². The van der Waals surface area contributed by atoms with E-state index in [1.807, 2.05) is 11.3 Å². The Kier molecular flexibility index (Phi) is 3.25. The van der Waals surface area contributed by atoms with Crippen molar-refractivity contribution in [2.45, 2.75) is 31.8 Å². The molecule has 1 atom stereocenters. The van der Waals surface area contributed by atoms with E-state index in [4.69, 9.17) is 0 Å². The fourth-order valence-corrected chi connectivity index (χ4v) is 3.19. The first kappa shape index (κ1) is 11.0. The molecule has 1 heterocycles. The summed E-state index contributed by atoms with van der Waals surface area (Å²) in [5, 5.41) is 5.82. The zero-order valence-corrected chi connectivity index (χ0v) is 10.7. The number of hydrogen-bond acceptors (Lipinski definition) is 2. The van der Waals surface area contributed by atoms with Gasteiger partial charge in [0.25, 0.3) is 0 Å². The molecule has 0 aliphatic heterocycles. The Labute approximate surface area is 106 Å². The van der Waals surface area contributed by atoms with E-state index >= 15 is 0 Å². The van der Waals surface area contributed by atoms with Gasteiger partial charge in [-0.1, -0.05) is 30.3 Å². The van der Waals surface area contributed by atoms with Crippen molar-refractivity contribution in [1.29, 1.82) is 0 Å². The molecule has 1 nitrogen and oxygen atoms in total. The number of rotatable bonds is 3. The van der Waals surface area contributed by atoms with Crippen LogP contribution < -0.4 is 5.32 Å². The van der Waals surface area contributed by atoms with Crippen molar-refractivity contribution in [1.82, 2.24) is 5.32 Å². The lowest BCUT2D eigenvalue weighted by Crippen LogP contribution is -2.33. The highest BCUT2D eigenvalue weighted by Crippen LogP contribution is 2.21. The first-order valence-electron chi connectivity index (χ1n) is 6.24. The van der Waals surface area contributed by atoms with E-state index < -0.39 is 0 Å². The Bertz CT molecular complexity index is 475. The highest BCUT2D eigenvalue weighted by Gasteiger charge is 2.17. The average Bonchev–Trinajstić information content (AvgIpc) is 2.89. The highest BCUT2D eigenvalue weighted by atomic mass is 32.1. The Hall–Kier alpha value is -1.12. The minimum atomic E-state index is 0.645. The van der Waals surface area contributed by atoms with Gasteiger partial charge in [0, 0.05) is 17.5 Å². The lowest BCUT2D eigenvalue weighted by atomic mass is 9.88. The monoisotopic (exact) mass is 243 g/mol. The lowest BCUT2D eigenvalue weighted by molar-refractivity contribution is 0.459. The molecule has 3 rings (SSSR count). The molecule has 0 radical (unpaired) electrons. The molecule has 1 unspecified atom stereocenters. The summed E-state index contributed by atoms with van der Waals surface area (Å²) in [6.07, 6.45) is 3.67. The molecule has 1 aromatic heterocycles. The van der Waals surface area contributed by atoms with Crippen LogP contribution in [0.4, 0.5) is 0 Å². The van der Waals surface area contributed by atoms with E-state index in [9.17, 15) is 0 Å². The van der Waals surface area contributed by atoms with Crippen molar-refractivity contribution >= 4 is 11.3 Å². The van der Waals surface area contributed by atoms with Gasteiger partial charge in [-0.15, -0.1) is 11.3 Å². The van der Waals surface area contributed by atoms with Crippen molar-refractivity contribution in [3.05, 3.63) is 57.8 Å². The topological polar surface area (TPSA) is 12.0 Å². The third kappa shape index (κ3) is 2.59. The minimum absolute atomic E-state index is 0.645. The molecule has 1 aliphatic rings. The van der Waals surface area contributed by atoms with Crippen LogP contribution in [0.3, 0.4) is 0 Å². The second-order valence-corrected chi connectivity index (χ2v) is 5.70. The van der Waals surface area contributed by atoms with Crippen LogP contribution in [0.15, 0.2) is 41.8 Å². The predicted molar refractivity (Wildman–Crippen MR) is 73.4 cm³/mol. The Morgan fingerprint density at radius 1 is 1.12 bits per heavy atom. The normalized spacial score (nSPS) is 18.9. The summed E-state index contributed by atoms with van der Waals surface area (Å²) in [6, 6.07) is 13.8. The molecular formula is C15H17NS. The largest absolute Gasteiger partial charge is 0.309 e. The summed E-state index contributed by atoms with van der Waals surface area (Å²) in [4.78, 5) is 1.43. The number of thiophene rings is 1. The zero-order valence-electron chi connectivity index (χ0n) is 9.86. The summed E-state index contributed by atoms with van der Waals surface area (Å²) in [5.74, 6) is 0. The fraction of sp³-hybridized carbons (Fsp3) is 0.333. The van der Waals surface area contributed by atoms with Gasteiger partial charge in [-0.2, -0.15) is 0 Å². The summed E-state index contributed by atoms with van der Waals surface area (Å²) in [6.45, 7) is 1.02. The molecule has 1 aliphatic carbocycles. The van der Waals surface area contributed by atoms with Crippen molar-refractivity contribution in [2.75, 3.05) is 0 Å². The summed E-state index contributed by atoms with van der Waals surface area (Å²) in [5.41, 5.74) is 3.07. The number of benzene rings is 1. The van der Waals surface area contributed by atoms with Gasteiger partial charge in [0.2, 0.25) is 0 Å². The molecule has 0 saturated heterocycles. The van der Waals surface area contributed by atoms with Crippen molar-refractivity contribution < 1.29 is 0 Å². The van der Waals surface area contributed by atoms with Gasteiger partial charge in [-0.25, -0.2) is 0 Å². The molecule has 0 spiro atoms. The number of fused-ring (bicyclic) bond motifs is 1. The van der Waals surface area contributed by atoms with Crippen LogP contribution in [-0.4, -0.2) is 6.04 Å². The number of hydrogen-bond donors (Lipinski definition) is 1. The first-order chi connectivity index (χ1) is 8.42. The SMILES string of the molecule is c1csc(CNC2CCc3ccccc3C2)c1. The van der Waals surface area contributed by atoms with Gasteiger partial charge in [0.15, 0.2) is 0 Å². The van der Waals surface area contributed by atoms with E-state index in [-0.39, 0.29) is 0 Å². The van der Waals surface area contributed by atoms with Crippen molar-refractivity contribution in [3.8, 4) is 0 Å². The minimum Gasteiger partial charge on any atom is -0.309 e. The summed E-state index contributed by atoms with van der Waals surface area (Å²) in [7, 11) is 0. The molecule has 88 valence electrons. The molecule has 17 heavy (non-hydrogen) atoms. The third-order valence-electron chi connectivity index (χ3n) is 3.49. The van der Waals surface area contributed by atoms with E-state index in [1.54, 1.807) is 5.56 Å². The van der Waals surface area contributed by atoms with Gasteiger partial charge >= 0.3 is 0 Å². The zero-order chi connectivity index (χ0) is 11.5. The summed E-state index contributed by atoms with van der Waals surface area (Å²) < 4.78 is 0. The van der Waals surface area contributed by atoms with E-state index in [2.05, 4.69) is 47.1 Å². The standard InChI is InChI=1S/C15H17NS/c1-2-5-13-10-14(8-7-12(13)4-1)16-11-15-6-3-9-17-15/h1-6,9,14,16H,7-8,10-11H2. The molecule has 0 saturated carbocycles. The quantitative estimate of drug-likeness (QED) is 0.871. The molecule has 0 bridgehead atoms. The van der Waals surface area contributed by atoms with E-state index in [0.717, 1.165) is 6.54 Å². The van der Waals surface area contributed by atoms with Gasteiger partial charge in [0.1, 0.15) is 0 Å². The highest BCUT2D eigenvalue weighted by molar-refractivity contribution is 7.09. The smallest absolute Gasteiger partial charge is 0.0302 e. The maximum atomic E-state index is 3.68. The van der Waals surface area contributed by atoms with Crippen molar-refractivity contribution in [3.63, 3.8) is 0 Å². The maximum Gasteiger partial charge on any atom is 0.0302 e. The molecule has 0 fully saturated rings. The lowest BCUT2D eigenvalue weighted by Gasteiger charge is -2.25. The second kappa shape index (κ2) is 5.03. The molecule has 1 N–H and O–H groups in total. The molecular weight excluding hydrogens is 226 g/mol. The second-order valence-electron chi connectivity index (χ2n) is 4.67. The van der Waals surface area contributed by atoms with Gasteiger partial charge < -0.3 is 5.32 Å². The van der Waals surface area contributed by atoms with Gasteiger partial charge in [-0.3, -0.25) is 0 Å². The third-order valence-corrected chi connectivity index (χ3v) is 4.37. The molecule has 1 aromatic carbocycles. The molecule has 2 heteroatoms. The van der Waals surface area contributed by atoms with Crippen LogP contribution >= 0.6 is 11.3 Å². The number of nitrogens with one attached hydrogen (secondary N) is 1. The van der Waals surface area contributed by atoms with Crippen LogP contribution in [0.2, 0.25) is 0 Å². The van der Waals surface area contributed by atoms with Crippen LogP contribution in [0.1, 0.15) is 22.4 Å². The first-order valence-corrected chi connectivity index (χ1v) is 7.12. The number of aryl methyl sites for hydroxylation is 1. The molecule has 2 aromatic rings. The Morgan fingerprint density at radius 2 is 2.00 bits per heavy atom. The van der Waals surface area contributed by atoms with Crippen molar-refractivity contribution in [2.24, 2.45) is 0 Å². The summed E-state index contributed by atoms with van der Waals surface area (Å²) >= 11 is 1.83. The Morgan fingerprint density at radius 3 is 2.82 bits per heavy atom. The fourth-order valence-electron chi connectivity index (χ4n) is 2.53. The van der Waals surface area contributed by atoms with Crippen LogP contribution in [0, 0.1) is 0 Å². The van der Waals surface area contributed by atoms with E-state index in [0.29, 0.717) is 6.04 Å². The van der Waals surface area contributed by atoms with Gasteiger partial charge in [-0.05, 0) is 41.8 Å². The Balaban J connectivity index is 1.61. The maximum absolute atomic E-state index is 3.68. The average molecular weight is 243 g/mol. The predicted octanol–water partition coefficient (Wildman–Crippen LogP) is 3.40.